The van der Waals surface area contributed by atoms with Crippen LogP contribution in [0.5, 0.6) is 5.75 Å². The molecule has 0 fully saturated rings. The van der Waals surface area contributed by atoms with E-state index in [1.54, 1.807) is 36.4 Å². The van der Waals surface area contributed by atoms with E-state index < -0.39 is 15.9 Å². The lowest BCUT2D eigenvalue weighted by Crippen LogP contribution is -2.27. The molecule has 0 heterocycles. The van der Waals surface area contributed by atoms with Crippen molar-refractivity contribution in [2.45, 2.75) is 24.8 Å². The number of ether oxygens (including phenoxy) is 1. The summed E-state index contributed by atoms with van der Waals surface area (Å²) in [5.41, 5.74) is 2.50. The summed E-state index contributed by atoms with van der Waals surface area (Å²) in [6, 6.07) is 18.1. The molecule has 162 valence electrons. The van der Waals surface area contributed by atoms with Gasteiger partial charge in [-0.15, -0.1) is 0 Å². The van der Waals surface area contributed by atoms with Gasteiger partial charge in [-0.2, -0.15) is 0 Å². The van der Waals surface area contributed by atoms with E-state index in [0.29, 0.717) is 10.7 Å². The third-order valence-corrected chi connectivity index (χ3v) is 6.39. The first-order chi connectivity index (χ1) is 14.7. The van der Waals surface area contributed by atoms with Gasteiger partial charge in [-0.1, -0.05) is 41.4 Å². The number of amides is 1. The Labute approximate surface area is 187 Å². The zero-order valence-corrected chi connectivity index (χ0v) is 18.9. The van der Waals surface area contributed by atoms with Crippen molar-refractivity contribution in [3.05, 3.63) is 88.4 Å². The molecule has 0 saturated carbocycles. The smallest absolute Gasteiger partial charge is 0.265 e. The maximum absolute atomic E-state index is 13.0. The molecular weight excluding hydrogens is 436 g/mol. The number of anilines is 1. The van der Waals surface area contributed by atoms with E-state index in [-0.39, 0.29) is 22.3 Å². The number of nitrogens with one attached hydrogen (secondary N) is 2. The van der Waals surface area contributed by atoms with Gasteiger partial charge in [0.05, 0.1) is 13.2 Å². The molecule has 6 nitrogen and oxygen atoms in total. The Bertz CT molecular complexity index is 1180. The monoisotopic (exact) mass is 458 g/mol. The van der Waals surface area contributed by atoms with Crippen molar-refractivity contribution < 1.29 is 17.9 Å². The molecule has 0 aliphatic heterocycles. The highest BCUT2D eigenvalue weighted by molar-refractivity contribution is 7.92. The van der Waals surface area contributed by atoms with Gasteiger partial charge in [0.2, 0.25) is 0 Å². The van der Waals surface area contributed by atoms with Gasteiger partial charge >= 0.3 is 0 Å². The average Bonchev–Trinajstić information content (AvgIpc) is 2.75. The van der Waals surface area contributed by atoms with Crippen LogP contribution in [-0.2, 0) is 10.0 Å². The van der Waals surface area contributed by atoms with Crippen LogP contribution in [-0.4, -0.2) is 21.4 Å². The average molecular weight is 459 g/mol. The fourth-order valence-corrected chi connectivity index (χ4v) is 4.36. The molecule has 2 N–H and O–H groups in total. The fourth-order valence-electron chi connectivity index (χ4n) is 2.97. The van der Waals surface area contributed by atoms with Crippen molar-refractivity contribution in [3.8, 4) is 5.75 Å². The molecule has 0 aliphatic rings. The second-order valence-electron chi connectivity index (χ2n) is 7.08. The third kappa shape index (κ3) is 5.57. The Morgan fingerprint density at radius 3 is 2.26 bits per heavy atom. The predicted octanol–water partition coefficient (Wildman–Crippen LogP) is 4.95. The van der Waals surface area contributed by atoms with E-state index in [9.17, 15) is 13.2 Å². The quantitative estimate of drug-likeness (QED) is 0.524. The van der Waals surface area contributed by atoms with Gasteiger partial charge in [0, 0.05) is 16.3 Å². The standard InChI is InChI=1S/C23H23ClN2O4S/c1-15-4-11-20(12-5-15)26-31(28,29)22-14-18(8-13-21(22)30-3)23(27)25-16(2)17-6-9-19(24)10-7-17/h4-14,16,26H,1-3H3,(H,25,27). The van der Waals surface area contributed by atoms with Gasteiger partial charge in [0.15, 0.2) is 0 Å². The maximum Gasteiger partial charge on any atom is 0.265 e. The summed E-state index contributed by atoms with van der Waals surface area (Å²) in [6.07, 6.45) is 0. The van der Waals surface area contributed by atoms with E-state index >= 15 is 0 Å². The fraction of sp³-hybridized carbons (Fsp3) is 0.174. The third-order valence-electron chi connectivity index (χ3n) is 4.74. The summed E-state index contributed by atoms with van der Waals surface area (Å²) in [4.78, 5) is 12.7. The van der Waals surface area contributed by atoms with Gasteiger partial charge in [-0.05, 0) is 61.9 Å². The van der Waals surface area contributed by atoms with Crippen molar-refractivity contribution in [1.82, 2.24) is 5.32 Å². The van der Waals surface area contributed by atoms with Crippen LogP contribution in [0.4, 0.5) is 5.69 Å². The van der Waals surface area contributed by atoms with Crippen LogP contribution in [0.2, 0.25) is 5.02 Å². The van der Waals surface area contributed by atoms with E-state index in [1.165, 1.54) is 25.3 Å². The Morgan fingerprint density at radius 2 is 1.65 bits per heavy atom. The van der Waals surface area contributed by atoms with Gasteiger partial charge < -0.3 is 10.1 Å². The molecule has 0 bridgehead atoms. The Hall–Kier alpha value is -3.03. The van der Waals surface area contributed by atoms with Crippen LogP contribution in [0, 0.1) is 6.92 Å². The van der Waals surface area contributed by atoms with Crippen molar-refractivity contribution in [2.24, 2.45) is 0 Å². The molecule has 3 aromatic carbocycles. The van der Waals surface area contributed by atoms with Crippen LogP contribution in [0.15, 0.2) is 71.6 Å². The Kier molecular flexibility index (Phi) is 6.87. The summed E-state index contributed by atoms with van der Waals surface area (Å²) < 4.78 is 33.7. The number of halogens is 1. The molecule has 1 unspecified atom stereocenters. The molecule has 0 aliphatic carbocycles. The number of methoxy groups -OCH3 is 1. The summed E-state index contributed by atoms with van der Waals surface area (Å²) in [6.45, 7) is 3.75. The number of hydrogen-bond acceptors (Lipinski definition) is 4. The SMILES string of the molecule is COc1ccc(C(=O)NC(C)c2ccc(Cl)cc2)cc1S(=O)(=O)Nc1ccc(C)cc1. The lowest BCUT2D eigenvalue weighted by atomic mass is 10.1. The summed E-state index contributed by atoms with van der Waals surface area (Å²) in [5, 5.41) is 3.47. The summed E-state index contributed by atoms with van der Waals surface area (Å²) in [5.74, 6) is -0.265. The molecule has 31 heavy (non-hydrogen) atoms. The number of carbonyl (C=O) groups is 1. The van der Waals surface area contributed by atoms with Gasteiger partial charge in [-0.25, -0.2) is 8.42 Å². The first-order valence-corrected chi connectivity index (χ1v) is 11.4. The second-order valence-corrected chi connectivity index (χ2v) is 9.17. The van der Waals surface area contributed by atoms with E-state index in [2.05, 4.69) is 10.0 Å². The second kappa shape index (κ2) is 9.41. The molecule has 3 aromatic rings. The number of aryl methyl sites for hydroxylation is 1. The summed E-state index contributed by atoms with van der Waals surface area (Å²) in [7, 11) is -2.60. The molecular formula is C23H23ClN2O4S. The highest BCUT2D eigenvalue weighted by Crippen LogP contribution is 2.27. The zero-order chi connectivity index (χ0) is 22.6. The van der Waals surface area contributed by atoms with Crippen molar-refractivity contribution in [3.63, 3.8) is 0 Å². The number of hydrogen-bond donors (Lipinski definition) is 2. The molecule has 3 rings (SSSR count). The highest BCUT2D eigenvalue weighted by atomic mass is 35.5. The molecule has 0 radical (unpaired) electrons. The topological polar surface area (TPSA) is 84.5 Å². The normalized spacial score (nSPS) is 12.1. The molecule has 0 saturated heterocycles. The maximum atomic E-state index is 13.0. The first-order valence-electron chi connectivity index (χ1n) is 9.53. The van der Waals surface area contributed by atoms with E-state index in [1.807, 2.05) is 26.0 Å². The first kappa shape index (κ1) is 22.7. The Morgan fingerprint density at radius 1 is 1.00 bits per heavy atom. The predicted molar refractivity (Wildman–Crippen MR) is 122 cm³/mol. The van der Waals surface area contributed by atoms with E-state index in [4.69, 9.17) is 16.3 Å². The number of sulfonamides is 1. The van der Waals surface area contributed by atoms with Crippen LogP contribution in [0.1, 0.15) is 34.5 Å². The minimum Gasteiger partial charge on any atom is -0.495 e. The molecule has 8 heteroatoms. The largest absolute Gasteiger partial charge is 0.495 e. The van der Waals surface area contributed by atoms with Gasteiger partial charge in [-0.3, -0.25) is 9.52 Å². The highest BCUT2D eigenvalue weighted by Gasteiger charge is 2.22. The zero-order valence-electron chi connectivity index (χ0n) is 17.3. The minimum absolute atomic E-state index is 0.123. The molecule has 0 spiro atoms. The Balaban J connectivity index is 1.86. The lowest BCUT2D eigenvalue weighted by Gasteiger charge is -2.16. The number of benzene rings is 3. The van der Waals surface area contributed by atoms with Crippen LogP contribution in [0.3, 0.4) is 0 Å². The van der Waals surface area contributed by atoms with E-state index in [0.717, 1.165) is 11.1 Å². The van der Waals surface area contributed by atoms with Crippen molar-refractivity contribution in [1.29, 1.82) is 0 Å². The van der Waals surface area contributed by atoms with Crippen molar-refractivity contribution >= 4 is 33.2 Å². The molecule has 1 amide bonds. The van der Waals surface area contributed by atoms with Crippen LogP contribution in [0.25, 0.3) is 0 Å². The number of carbonyl (C=O) groups excluding carboxylic acids is 1. The van der Waals surface area contributed by atoms with Gasteiger partial charge in [0.1, 0.15) is 10.6 Å². The summed E-state index contributed by atoms with van der Waals surface area (Å²) >= 11 is 5.91. The van der Waals surface area contributed by atoms with Gasteiger partial charge in [0.25, 0.3) is 15.9 Å². The lowest BCUT2D eigenvalue weighted by molar-refractivity contribution is 0.0939. The van der Waals surface area contributed by atoms with Crippen LogP contribution >= 0.6 is 11.6 Å². The molecule has 0 aromatic heterocycles. The minimum atomic E-state index is -3.98. The van der Waals surface area contributed by atoms with Crippen molar-refractivity contribution in [2.75, 3.05) is 11.8 Å². The van der Waals surface area contributed by atoms with Crippen LogP contribution < -0.4 is 14.8 Å². The molecule has 1 atom stereocenters. The number of rotatable bonds is 7.